The van der Waals surface area contributed by atoms with Crippen LogP contribution in [-0.2, 0) is 9.59 Å². The van der Waals surface area contributed by atoms with Crippen LogP contribution in [-0.4, -0.2) is 23.5 Å². The molecular weight excluding hydrogens is 292 g/mol. The van der Waals surface area contributed by atoms with Crippen molar-refractivity contribution >= 4 is 23.3 Å². The largest absolute Gasteiger partial charge is 0.481 e. The monoisotopic (exact) mass is 310 g/mol. The van der Waals surface area contributed by atoms with Gasteiger partial charge in [0, 0.05) is 13.0 Å². The Bertz CT molecular complexity index is 715. The van der Waals surface area contributed by atoms with Crippen LogP contribution in [0.1, 0.15) is 24.4 Å². The Labute approximate surface area is 134 Å². The van der Waals surface area contributed by atoms with Crippen LogP contribution < -0.4 is 10.2 Å². The van der Waals surface area contributed by atoms with E-state index >= 15 is 0 Å². The highest BCUT2D eigenvalue weighted by Gasteiger charge is 2.32. The quantitative estimate of drug-likeness (QED) is 0.890. The molecule has 3 rings (SSSR count). The summed E-state index contributed by atoms with van der Waals surface area (Å²) in [6, 6.07) is 16.7. The van der Waals surface area contributed by atoms with E-state index in [1.165, 1.54) is 0 Å². The zero-order chi connectivity index (χ0) is 16.2. The number of nitrogens with zero attached hydrogens (tertiary/aromatic N) is 1. The standard InChI is InChI=1S/C18H18N2O3/c21-16(22)11-6-12-20-15-10-5-4-9-14(15)19-17(18(20)23)13-7-2-1-3-8-13/h1-5,7-10,17,19H,6,11-12H2,(H,21,22). The third kappa shape index (κ3) is 3.18. The fourth-order valence-electron chi connectivity index (χ4n) is 2.81. The topological polar surface area (TPSA) is 69.6 Å². The van der Waals surface area contributed by atoms with Gasteiger partial charge in [-0.2, -0.15) is 0 Å². The van der Waals surface area contributed by atoms with Crippen LogP contribution >= 0.6 is 0 Å². The first kappa shape index (κ1) is 15.1. The first-order chi connectivity index (χ1) is 11.2. The maximum Gasteiger partial charge on any atom is 0.303 e. The molecule has 0 spiro atoms. The average Bonchev–Trinajstić information content (AvgIpc) is 2.57. The molecule has 5 nitrogen and oxygen atoms in total. The highest BCUT2D eigenvalue weighted by Crippen LogP contribution is 2.36. The van der Waals surface area contributed by atoms with Crippen LogP contribution in [0.3, 0.4) is 0 Å². The maximum absolute atomic E-state index is 12.9. The number of carboxylic acids is 1. The van der Waals surface area contributed by atoms with Gasteiger partial charge in [-0.1, -0.05) is 42.5 Å². The lowest BCUT2D eigenvalue weighted by atomic mass is 10.0. The molecule has 118 valence electrons. The molecule has 2 N–H and O–H groups in total. The van der Waals surface area contributed by atoms with Crippen molar-refractivity contribution < 1.29 is 14.7 Å². The predicted octanol–water partition coefficient (Wildman–Crippen LogP) is 3.05. The minimum Gasteiger partial charge on any atom is -0.481 e. The summed E-state index contributed by atoms with van der Waals surface area (Å²) in [5.74, 6) is -0.902. The molecule has 1 heterocycles. The maximum atomic E-state index is 12.9. The first-order valence-corrected chi connectivity index (χ1v) is 7.60. The van der Waals surface area contributed by atoms with Crippen molar-refractivity contribution in [1.82, 2.24) is 0 Å². The Morgan fingerprint density at radius 3 is 2.52 bits per heavy atom. The van der Waals surface area contributed by atoms with E-state index in [9.17, 15) is 9.59 Å². The summed E-state index contributed by atoms with van der Waals surface area (Å²) in [5.41, 5.74) is 2.58. The molecule has 1 unspecified atom stereocenters. The molecule has 5 heteroatoms. The second-order valence-electron chi connectivity index (χ2n) is 5.49. The van der Waals surface area contributed by atoms with Crippen molar-refractivity contribution in [2.75, 3.05) is 16.8 Å². The van der Waals surface area contributed by atoms with Crippen LogP contribution in [0.5, 0.6) is 0 Å². The molecule has 0 saturated heterocycles. The van der Waals surface area contributed by atoms with Crippen molar-refractivity contribution in [3.63, 3.8) is 0 Å². The van der Waals surface area contributed by atoms with Gasteiger partial charge in [0.15, 0.2) is 0 Å². The molecule has 0 fully saturated rings. The van der Waals surface area contributed by atoms with E-state index in [0.29, 0.717) is 13.0 Å². The second-order valence-corrected chi connectivity index (χ2v) is 5.49. The summed E-state index contributed by atoms with van der Waals surface area (Å²) < 4.78 is 0. The number of benzene rings is 2. The van der Waals surface area contributed by atoms with Crippen LogP contribution in [0, 0.1) is 0 Å². The van der Waals surface area contributed by atoms with Crippen molar-refractivity contribution in [3.8, 4) is 0 Å². The highest BCUT2D eigenvalue weighted by atomic mass is 16.4. The van der Waals surface area contributed by atoms with Crippen LogP contribution in [0.2, 0.25) is 0 Å². The number of rotatable bonds is 5. The van der Waals surface area contributed by atoms with E-state index in [1.54, 1.807) is 4.90 Å². The minimum atomic E-state index is -0.847. The summed E-state index contributed by atoms with van der Waals surface area (Å²) in [6.45, 7) is 0.396. The van der Waals surface area contributed by atoms with Gasteiger partial charge in [-0.25, -0.2) is 0 Å². The summed E-state index contributed by atoms with van der Waals surface area (Å²) in [5, 5.41) is 12.1. The molecule has 23 heavy (non-hydrogen) atoms. The van der Waals surface area contributed by atoms with Gasteiger partial charge in [-0.05, 0) is 24.1 Å². The summed E-state index contributed by atoms with van der Waals surface area (Å²) >= 11 is 0. The number of fused-ring (bicyclic) bond motifs is 1. The third-order valence-corrected chi connectivity index (χ3v) is 3.91. The van der Waals surface area contributed by atoms with Gasteiger partial charge in [0.05, 0.1) is 11.4 Å². The van der Waals surface area contributed by atoms with E-state index in [2.05, 4.69) is 5.32 Å². The first-order valence-electron chi connectivity index (χ1n) is 7.60. The molecule has 2 aromatic rings. The number of carbonyl (C=O) groups excluding carboxylic acids is 1. The zero-order valence-corrected chi connectivity index (χ0v) is 12.6. The lowest BCUT2D eigenvalue weighted by molar-refractivity contribution is -0.137. The number of aliphatic carboxylic acids is 1. The van der Waals surface area contributed by atoms with Crippen molar-refractivity contribution in [2.24, 2.45) is 0 Å². The van der Waals surface area contributed by atoms with Crippen LogP contribution in [0.4, 0.5) is 11.4 Å². The van der Waals surface area contributed by atoms with Gasteiger partial charge in [-0.3, -0.25) is 9.59 Å². The highest BCUT2D eigenvalue weighted by molar-refractivity contribution is 6.05. The Morgan fingerprint density at radius 1 is 1.09 bits per heavy atom. The van der Waals surface area contributed by atoms with Gasteiger partial charge >= 0.3 is 5.97 Å². The molecule has 1 atom stereocenters. The number of para-hydroxylation sites is 2. The van der Waals surface area contributed by atoms with Gasteiger partial charge in [-0.15, -0.1) is 0 Å². The molecule has 1 aliphatic heterocycles. The molecule has 0 bridgehead atoms. The van der Waals surface area contributed by atoms with E-state index in [4.69, 9.17) is 5.11 Å². The molecule has 0 saturated carbocycles. The number of amides is 1. The number of carboxylic acid groups (broad SMARTS) is 1. The molecular formula is C18H18N2O3. The van der Waals surface area contributed by atoms with Crippen molar-refractivity contribution in [2.45, 2.75) is 18.9 Å². The SMILES string of the molecule is O=C(O)CCCN1C(=O)C(c2ccccc2)Nc2ccccc21. The Kier molecular flexibility index (Phi) is 4.28. The van der Waals surface area contributed by atoms with E-state index in [1.807, 2.05) is 54.6 Å². The van der Waals surface area contributed by atoms with Crippen LogP contribution in [0.25, 0.3) is 0 Å². The fraction of sp³-hybridized carbons (Fsp3) is 0.222. The summed E-state index contributed by atoms with van der Waals surface area (Å²) in [6.07, 6.45) is 0.478. The lowest BCUT2D eigenvalue weighted by Crippen LogP contribution is -2.42. The minimum absolute atomic E-state index is 0.0510. The number of nitrogens with one attached hydrogen (secondary N) is 1. The lowest BCUT2D eigenvalue weighted by Gasteiger charge is -2.35. The number of hydrogen-bond acceptors (Lipinski definition) is 3. The predicted molar refractivity (Wildman–Crippen MR) is 88.5 cm³/mol. The Morgan fingerprint density at radius 2 is 1.78 bits per heavy atom. The Hall–Kier alpha value is -2.82. The summed E-state index contributed by atoms with van der Waals surface area (Å²) in [7, 11) is 0. The van der Waals surface area contributed by atoms with Gasteiger partial charge in [0.25, 0.3) is 5.91 Å². The van der Waals surface area contributed by atoms with Crippen molar-refractivity contribution in [1.29, 1.82) is 0 Å². The number of carbonyl (C=O) groups is 2. The second kappa shape index (κ2) is 6.52. The molecule has 0 aliphatic carbocycles. The molecule has 2 aromatic carbocycles. The average molecular weight is 310 g/mol. The molecule has 0 radical (unpaired) electrons. The number of anilines is 2. The van der Waals surface area contributed by atoms with Crippen molar-refractivity contribution in [3.05, 3.63) is 60.2 Å². The van der Waals surface area contributed by atoms with E-state index < -0.39 is 12.0 Å². The zero-order valence-electron chi connectivity index (χ0n) is 12.6. The smallest absolute Gasteiger partial charge is 0.303 e. The normalized spacial score (nSPS) is 16.6. The molecule has 1 aliphatic rings. The number of hydrogen-bond donors (Lipinski definition) is 2. The van der Waals surface area contributed by atoms with Crippen LogP contribution in [0.15, 0.2) is 54.6 Å². The van der Waals surface area contributed by atoms with E-state index in [-0.39, 0.29) is 12.3 Å². The van der Waals surface area contributed by atoms with Gasteiger partial charge in [0.1, 0.15) is 6.04 Å². The van der Waals surface area contributed by atoms with E-state index in [0.717, 1.165) is 16.9 Å². The summed E-state index contributed by atoms with van der Waals surface area (Å²) in [4.78, 5) is 25.3. The third-order valence-electron chi connectivity index (χ3n) is 3.91. The Balaban J connectivity index is 1.90. The van der Waals surface area contributed by atoms with Gasteiger partial charge < -0.3 is 15.3 Å². The molecule has 1 amide bonds. The molecule has 0 aromatic heterocycles. The van der Waals surface area contributed by atoms with Gasteiger partial charge in [0.2, 0.25) is 0 Å². The fourth-order valence-corrected chi connectivity index (χ4v) is 2.81.